The average Bonchev–Trinajstić information content (AvgIpc) is 2.27. The zero-order chi connectivity index (χ0) is 13.9. The van der Waals surface area contributed by atoms with Crippen molar-refractivity contribution in [1.29, 1.82) is 5.26 Å². The lowest BCUT2D eigenvalue weighted by Crippen LogP contribution is -2.21. The molecule has 1 aromatic rings. The molecule has 0 aliphatic heterocycles. The molecule has 1 rings (SSSR count). The van der Waals surface area contributed by atoms with Crippen molar-refractivity contribution < 1.29 is 31.8 Å². The molecule has 0 atom stereocenters. The van der Waals surface area contributed by atoms with Crippen molar-refractivity contribution >= 4 is 5.97 Å². The molecule has 8 heteroatoms. The highest BCUT2D eigenvalue weighted by Gasteiger charge is 2.35. The third-order valence-corrected chi connectivity index (χ3v) is 1.83. The van der Waals surface area contributed by atoms with Gasteiger partial charge >= 0.3 is 12.3 Å². The molecule has 0 saturated carbocycles. The first-order valence-corrected chi connectivity index (χ1v) is 4.36. The van der Waals surface area contributed by atoms with E-state index in [2.05, 4.69) is 9.47 Å². The quantitative estimate of drug-likeness (QED) is 0.607. The Balaban J connectivity index is 3.47. The largest absolute Gasteiger partial charge is 0.573 e. The third kappa shape index (κ3) is 2.88. The van der Waals surface area contributed by atoms with Crippen LogP contribution in [0.3, 0.4) is 0 Å². The number of hydrogen-bond acceptors (Lipinski definition) is 4. The van der Waals surface area contributed by atoms with Gasteiger partial charge in [0.25, 0.3) is 0 Å². The van der Waals surface area contributed by atoms with Crippen molar-refractivity contribution in [1.82, 2.24) is 0 Å². The summed E-state index contributed by atoms with van der Waals surface area (Å²) in [5.74, 6) is -3.86. The van der Waals surface area contributed by atoms with Gasteiger partial charge in [0.05, 0.1) is 12.7 Å². The van der Waals surface area contributed by atoms with Crippen molar-refractivity contribution in [3.05, 3.63) is 29.1 Å². The fourth-order valence-corrected chi connectivity index (χ4v) is 1.16. The maximum Gasteiger partial charge on any atom is 0.573 e. The highest BCUT2D eigenvalue weighted by atomic mass is 19.4. The second kappa shape index (κ2) is 4.91. The maximum absolute atomic E-state index is 13.3. The molecule has 4 nitrogen and oxygen atoms in total. The van der Waals surface area contributed by atoms with Crippen molar-refractivity contribution in [2.24, 2.45) is 0 Å². The zero-order valence-corrected chi connectivity index (χ0v) is 8.84. The molecule has 0 heterocycles. The molecule has 0 radical (unpaired) electrons. The van der Waals surface area contributed by atoms with E-state index in [0.717, 1.165) is 13.2 Å². The summed E-state index contributed by atoms with van der Waals surface area (Å²) in [6.07, 6.45) is -5.16. The van der Waals surface area contributed by atoms with Crippen LogP contribution in [-0.2, 0) is 4.74 Å². The summed E-state index contributed by atoms with van der Waals surface area (Å²) in [6.45, 7) is 0. The van der Waals surface area contributed by atoms with E-state index in [1.54, 1.807) is 0 Å². The molecule has 18 heavy (non-hydrogen) atoms. The molecule has 0 fully saturated rings. The summed E-state index contributed by atoms with van der Waals surface area (Å²) in [7, 11) is 0.859. The van der Waals surface area contributed by atoms with Crippen LogP contribution < -0.4 is 4.74 Å². The summed E-state index contributed by atoms with van der Waals surface area (Å²) in [5.41, 5.74) is -1.71. The number of carbonyl (C=O) groups is 1. The first-order chi connectivity index (χ1) is 8.30. The number of nitriles is 1. The third-order valence-electron chi connectivity index (χ3n) is 1.83. The molecule has 0 aliphatic rings. The Morgan fingerprint density at radius 1 is 1.39 bits per heavy atom. The monoisotopic (exact) mass is 263 g/mol. The number of rotatable bonds is 2. The summed E-state index contributed by atoms with van der Waals surface area (Å²) in [4.78, 5) is 11.2. The first kappa shape index (κ1) is 13.8. The Morgan fingerprint density at radius 2 is 2.00 bits per heavy atom. The van der Waals surface area contributed by atoms with E-state index < -0.39 is 35.0 Å². The van der Waals surface area contributed by atoms with Crippen LogP contribution in [-0.4, -0.2) is 19.4 Å². The minimum atomic E-state index is -5.16. The number of methoxy groups -OCH3 is 1. The second-order valence-corrected chi connectivity index (χ2v) is 2.95. The molecule has 0 amide bonds. The molecule has 0 bridgehead atoms. The van der Waals surface area contributed by atoms with Crippen molar-refractivity contribution in [3.63, 3.8) is 0 Å². The van der Waals surface area contributed by atoms with Gasteiger partial charge in [-0.2, -0.15) is 5.26 Å². The van der Waals surface area contributed by atoms with Gasteiger partial charge in [-0.1, -0.05) is 0 Å². The number of alkyl halides is 3. The minimum Gasteiger partial charge on any atom is -0.465 e. The molecule has 0 aliphatic carbocycles. The van der Waals surface area contributed by atoms with Crippen LogP contribution in [0.4, 0.5) is 17.6 Å². The fraction of sp³-hybridized carbons (Fsp3) is 0.200. The standard InChI is InChI=1S/C10H5F4NO3/c1-17-9(16)7-6(11)3-2-5(4-15)8(7)18-10(12,13)14/h2-3H,1H3. The van der Waals surface area contributed by atoms with Crippen LogP contribution in [0, 0.1) is 17.1 Å². The van der Waals surface area contributed by atoms with Crippen LogP contribution in [0.5, 0.6) is 5.75 Å². The average molecular weight is 263 g/mol. The van der Waals surface area contributed by atoms with Gasteiger partial charge in [0.1, 0.15) is 17.4 Å². The van der Waals surface area contributed by atoms with Gasteiger partial charge in [0, 0.05) is 0 Å². The highest BCUT2D eigenvalue weighted by Crippen LogP contribution is 2.32. The lowest BCUT2D eigenvalue weighted by Gasteiger charge is -2.13. The van der Waals surface area contributed by atoms with E-state index in [1.807, 2.05) is 0 Å². The highest BCUT2D eigenvalue weighted by molar-refractivity contribution is 5.93. The van der Waals surface area contributed by atoms with Gasteiger partial charge in [-0.05, 0) is 12.1 Å². The second-order valence-electron chi connectivity index (χ2n) is 2.95. The number of hydrogen-bond donors (Lipinski definition) is 0. The van der Waals surface area contributed by atoms with Gasteiger partial charge in [0.2, 0.25) is 0 Å². The smallest absolute Gasteiger partial charge is 0.465 e. The minimum absolute atomic E-state index is 0.630. The van der Waals surface area contributed by atoms with Crippen molar-refractivity contribution in [2.75, 3.05) is 7.11 Å². The normalized spacial score (nSPS) is 10.7. The van der Waals surface area contributed by atoms with Crippen LogP contribution in [0.25, 0.3) is 0 Å². The molecule has 1 aromatic carbocycles. The number of halogens is 4. The maximum atomic E-state index is 13.3. The molecular weight excluding hydrogens is 258 g/mol. The molecular formula is C10H5F4NO3. The Hall–Kier alpha value is -2.30. The lowest BCUT2D eigenvalue weighted by atomic mass is 10.1. The van der Waals surface area contributed by atoms with E-state index in [4.69, 9.17) is 5.26 Å². The van der Waals surface area contributed by atoms with Crippen molar-refractivity contribution in [3.8, 4) is 11.8 Å². The SMILES string of the molecule is COC(=O)c1c(F)ccc(C#N)c1OC(F)(F)F. The van der Waals surface area contributed by atoms with Crippen LogP contribution in [0.2, 0.25) is 0 Å². The Labute approximate surface area is 98.3 Å². The molecule has 0 spiro atoms. The van der Waals surface area contributed by atoms with Crippen LogP contribution in [0.15, 0.2) is 12.1 Å². The fourth-order valence-electron chi connectivity index (χ4n) is 1.16. The molecule has 96 valence electrons. The molecule has 0 aromatic heterocycles. The first-order valence-electron chi connectivity index (χ1n) is 4.36. The Kier molecular flexibility index (Phi) is 3.76. The van der Waals surface area contributed by atoms with Gasteiger partial charge in [0.15, 0.2) is 5.75 Å². The van der Waals surface area contributed by atoms with Gasteiger partial charge in [-0.3, -0.25) is 0 Å². The van der Waals surface area contributed by atoms with Crippen molar-refractivity contribution in [2.45, 2.75) is 6.36 Å². The number of nitrogens with zero attached hydrogens (tertiary/aromatic N) is 1. The Morgan fingerprint density at radius 3 is 2.44 bits per heavy atom. The van der Waals surface area contributed by atoms with E-state index in [9.17, 15) is 22.4 Å². The topological polar surface area (TPSA) is 59.3 Å². The van der Waals surface area contributed by atoms with E-state index >= 15 is 0 Å². The predicted octanol–water partition coefficient (Wildman–Crippen LogP) is 2.38. The molecule has 0 saturated heterocycles. The number of carbonyl (C=O) groups excluding carboxylic acids is 1. The van der Waals surface area contributed by atoms with Crippen LogP contribution >= 0.6 is 0 Å². The number of ether oxygens (including phenoxy) is 2. The summed E-state index contributed by atoms with van der Waals surface area (Å²) in [5, 5.41) is 8.61. The zero-order valence-electron chi connectivity index (χ0n) is 8.84. The van der Waals surface area contributed by atoms with E-state index in [1.165, 1.54) is 6.07 Å². The predicted molar refractivity (Wildman–Crippen MR) is 49.1 cm³/mol. The molecule has 0 N–H and O–H groups in total. The summed E-state index contributed by atoms with van der Waals surface area (Å²) in [6, 6.07) is 2.81. The summed E-state index contributed by atoms with van der Waals surface area (Å²) >= 11 is 0. The summed E-state index contributed by atoms with van der Waals surface area (Å²) < 4.78 is 57.3. The van der Waals surface area contributed by atoms with Gasteiger partial charge in [-0.25, -0.2) is 9.18 Å². The van der Waals surface area contributed by atoms with E-state index in [0.29, 0.717) is 6.07 Å². The lowest BCUT2D eigenvalue weighted by molar-refractivity contribution is -0.274. The number of benzene rings is 1. The van der Waals surface area contributed by atoms with E-state index in [-0.39, 0.29) is 0 Å². The van der Waals surface area contributed by atoms with Gasteiger partial charge in [-0.15, -0.1) is 13.2 Å². The number of esters is 1. The van der Waals surface area contributed by atoms with Crippen LogP contribution in [0.1, 0.15) is 15.9 Å². The molecule has 0 unspecified atom stereocenters. The van der Waals surface area contributed by atoms with Gasteiger partial charge < -0.3 is 9.47 Å². The Bertz CT molecular complexity index is 519.